The summed E-state index contributed by atoms with van der Waals surface area (Å²) in [6, 6.07) is 0. The number of hydrogen-bond acceptors (Lipinski definition) is 3. The van der Waals surface area contributed by atoms with Gasteiger partial charge < -0.3 is 5.11 Å². The van der Waals surface area contributed by atoms with Crippen molar-refractivity contribution in [2.75, 3.05) is 13.2 Å². The largest absolute Gasteiger partial charge is 0.396 e. The average Bonchev–Trinajstić information content (AvgIpc) is 2.55. The van der Waals surface area contributed by atoms with Gasteiger partial charge in [0.25, 0.3) is 0 Å². The number of likely N-dealkylation sites (tertiary alicyclic amines) is 1. The number of carbonyl (C=O) groups is 2. The molecule has 4 heteroatoms. The molecule has 1 aliphatic carbocycles. The van der Waals surface area contributed by atoms with E-state index in [2.05, 4.69) is 0 Å². The molecule has 1 aliphatic heterocycles. The number of amides is 2. The maximum absolute atomic E-state index is 12.0. The summed E-state index contributed by atoms with van der Waals surface area (Å²) in [7, 11) is 0. The van der Waals surface area contributed by atoms with Crippen molar-refractivity contribution in [1.29, 1.82) is 0 Å². The Kier molecular flexibility index (Phi) is 3.10. The number of carbonyl (C=O) groups excluding carboxylic acids is 2. The van der Waals surface area contributed by atoms with Crippen molar-refractivity contribution < 1.29 is 14.7 Å². The Labute approximate surface area is 94.9 Å². The van der Waals surface area contributed by atoms with E-state index in [0.29, 0.717) is 19.4 Å². The zero-order valence-corrected chi connectivity index (χ0v) is 9.43. The van der Waals surface area contributed by atoms with Crippen molar-refractivity contribution in [2.24, 2.45) is 17.8 Å². The van der Waals surface area contributed by atoms with Crippen LogP contribution in [0.4, 0.5) is 0 Å². The average molecular weight is 223 g/mol. The maximum atomic E-state index is 12.0. The highest BCUT2D eigenvalue weighted by Gasteiger charge is 2.47. The summed E-state index contributed by atoms with van der Waals surface area (Å²) in [5.41, 5.74) is 0. The third-order valence-corrected chi connectivity index (χ3v) is 3.40. The number of allylic oxidation sites excluding steroid dienone is 2. The van der Waals surface area contributed by atoms with Gasteiger partial charge in [0, 0.05) is 13.2 Å². The number of nitrogens with zero attached hydrogens (tertiary/aromatic N) is 1. The normalized spacial score (nSPS) is 30.8. The lowest BCUT2D eigenvalue weighted by molar-refractivity contribution is -0.140. The molecule has 2 aliphatic rings. The second kappa shape index (κ2) is 4.37. The predicted octanol–water partition coefficient (Wildman–Crippen LogP) is 0.566. The van der Waals surface area contributed by atoms with E-state index in [1.165, 1.54) is 4.90 Å². The number of imide groups is 1. The van der Waals surface area contributed by atoms with E-state index < -0.39 is 0 Å². The lowest BCUT2D eigenvalue weighted by Gasteiger charge is -2.18. The lowest BCUT2D eigenvalue weighted by Crippen LogP contribution is -2.35. The zero-order valence-electron chi connectivity index (χ0n) is 9.43. The fourth-order valence-corrected chi connectivity index (χ4v) is 2.42. The minimum atomic E-state index is -0.150. The minimum Gasteiger partial charge on any atom is -0.396 e. The third-order valence-electron chi connectivity index (χ3n) is 3.40. The molecular weight excluding hydrogens is 206 g/mol. The van der Waals surface area contributed by atoms with Crippen molar-refractivity contribution >= 4 is 11.8 Å². The van der Waals surface area contributed by atoms with E-state index in [1.807, 2.05) is 19.1 Å². The number of fused-ring (bicyclic) bond motifs is 1. The third kappa shape index (κ3) is 1.78. The van der Waals surface area contributed by atoms with Gasteiger partial charge in [0.15, 0.2) is 0 Å². The SMILES string of the molecule is CC(CO)CN1C(=O)[C@H]2CC=CC[C@H]2C1=O. The number of hydrogen-bond donors (Lipinski definition) is 1. The Balaban J connectivity index is 2.11. The summed E-state index contributed by atoms with van der Waals surface area (Å²) in [6.45, 7) is 2.19. The van der Waals surface area contributed by atoms with Gasteiger partial charge in [-0.05, 0) is 18.8 Å². The van der Waals surface area contributed by atoms with E-state index in [1.54, 1.807) is 0 Å². The first-order chi connectivity index (χ1) is 7.65. The molecular formula is C12H17NO3. The summed E-state index contributed by atoms with van der Waals surface area (Å²) in [5, 5.41) is 8.96. The number of aliphatic hydroxyl groups excluding tert-OH is 1. The Bertz CT molecular complexity index is 311. The van der Waals surface area contributed by atoms with Gasteiger partial charge in [0.05, 0.1) is 11.8 Å². The van der Waals surface area contributed by atoms with Gasteiger partial charge in [0.1, 0.15) is 0 Å². The summed E-state index contributed by atoms with van der Waals surface area (Å²) < 4.78 is 0. The molecule has 2 amide bonds. The standard InChI is InChI=1S/C12H17NO3/c1-8(7-14)6-13-11(15)9-4-2-3-5-10(9)12(13)16/h2-3,8-10,14H,4-7H2,1H3/t8?,9-,10+. The first-order valence-corrected chi connectivity index (χ1v) is 5.76. The van der Waals surface area contributed by atoms with Gasteiger partial charge in [-0.3, -0.25) is 14.5 Å². The van der Waals surface area contributed by atoms with Crippen molar-refractivity contribution in [3.63, 3.8) is 0 Å². The Morgan fingerprint density at radius 2 is 1.81 bits per heavy atom. The molecule has 0 saturated carbocycles. The highest BCUT2D eigenvalue weighted by atomic mass is 16.3. The topological polar surface area (TPSA) is 57.6 Å². The van der Waals surface area contributed by atoms with E-state index in [9.17, 15) is 9.59 Å². The van der Waals surface area contributed by atoms with Crippen LogP contribution in [0.2, 0.25) is 0 Å². The molecule has 1 fully saturated rings. The van der Waals surface area contributed by atoms with E-state index in [4.69, 9.17) is 5.11 Å². The van der Waals surface area contributed by atoms with Crippen LogP contribution in [0.3, 0.4) is 0 Å². The molecule has 88 valence electrons. The van der Waals surface area contributed by atoms with Crippen LogP contribution in [0, 0.1) is 17.8 Å². The summed E-state index contributed by atoms with van der Waals surface area (Å²) in [6.07, 6.45) is 5.31. The second-order valence-corrected chi connectivity index (χ2v) is 4.73. The Morgan fingerprint density at radius 3 is 2.25 bits per heavy atom. The van der Waals surface area contributed by atoms with Crippen molar-refractivity contribution in [3.8, 4) is 0 Å². The molecule has 1 N–H and O–H groups in total. The van der Waals surface area contributed by atoms with Crippen LogP contribution >= 0.6 is 0 Å². The van der Waals surface area contributed by atoms with Crippen molar-refractivity contribution in [1.82, 2.24) is 4.90 Å². The van der Waals surface area contributed by atoms with Gasteiger partial charge >= 0.3 is 0 Å². The summed E-state index contributed by atoms with van der Waals surface area (Å²) in [5.74, 6) is -0.452. The maximum Gasteiger partial charge on any atom is 0.233 e. The van der Waals surface area contributed by atoms with Gasteiger partial charge in [0.2, 0.25) is 11.8 Å². The van der Waals surface area contributed by atoms with Crippen LogP contribution in [0.25, 0.3) is 0 Å². The van der Waals surface area contributed by atoms with Crippen LogP contribution in [0.15, 0.2) is 12.2 Å². The fraction of sp³-hybridized carbons (Fsp3) is 0.667. The highest BCUT2D eigenvalue weighted by Crippen LogP contribution is 2.35. The van der Waals surface area contributed by atoms with Crippen molar-refractivity contribution in [3.05, 3.63) is 12.2 Å². The van der Waals surface area contributed by atoms with Gasteiger partial charge in [-0.25, -0.2) is 0 Å². The summed E-state index contributed by atoms with van der Waals surface area (Å²) >= 11 is 0. The van der Waals surface area contributed by atoms with Crippen LogP contribution in [-0.4, -0.2) is 35.0 Å². The molecule has 0 spiro atoms. The smallest absolute Gasteiger partial charge is 0.233 e. The van der Waals surface area contributed by atoms with Crippen LogP contribution in [-0.2, 0) is 9.59 Å². The van der Waals surface area contributed by atoms with Gasteiger partial charge in [-0.1, -0.05) is 19.1 Å². The van der Waals surface area contributed by atoms with E-state index in [-0.39, 0.29) is 36.2 Å². The molecule has 3 atom stereocenters. The molecule has 1 heterocycles. The molecule has 0 aromatic heterocycles. The lowest BCUT2D eigenvalue weighted by atomic mass is 9.85. The quantitative estimate of drug-likeness (QED) is 0.562. The molecule has 0 bridgehead atoms. The Hall–Kier alpha value is -1.16. The fourth-order valence-electron chi connectivity index (χ4n) is 2.42. The molecule has 0 radical (unpaired) electrons. The highest BCUT2D eigenvalue weighted by molar-refractivity contribution is 6.05. The van der Waals surface area contributed by atoms with E-state index in [0.717, 1.165) is 0 Å². The van der Waals surface area contributed by atoms with Crippen LogP contribution in [0.5, 0.6) is 0 Å². The van der Waals surface area contributed by atoms with Crippen LogP contribution in [0.1, 0.15) is 19.8 Å². The molecule has 0 aromatic rings. The van der Waals surface area contributed by atoms with Gasteiger partial charge in [-0.15, -0.1) is 0 Å². The minimum absolute atomic E-state index is 0.00461. The molecule has 0 aromatic carbocycles. The molecule has 4 nitrogen and oxygen atoms in total. The first kappa shape index (κ1) is 11.3. The van der Waals surface area contributed by atoms with Crippen molar-refractivity contribution in [2.45, 2.75) is 19.8 Å². The molecule has 2 rings (SSSR count). The zero-order chi connectivity index (χ0) is 11.7. The molecule has 1 saturated heterocycles. The number of rotatable bonds is 3. The first-order valence-electron chi connectivity index (χ1n) is 5.76. The predicted molar refractivity (Wildman–Crippen MR) is 58.3 cm³/mol. The molecule has 1 unspecified atom stereocenters. The monoisotopic (exact) mass is 223 g/mol. The molecule has 16 heavy (non-hydrogen) atoms. The van der Waals surface area contributed by atoms with Gasteiger partial charge in [-0.2, -0.15) is 0 Å². The van der Waals surface area contributed by atoms with Crippen LogP contribution < -0.4 is 0 Å². The Morgan fingerprint density at radius 1 is 1.31 bits per heavy atom. The summed E-state index contributed by atoms with van der Waals surface area (Å²) in [4.78, 5) is 25.3. The van der Waals surface area contributed by atoms with E-state index >= 15 is 0 Å². The second-order valence-electron chi connectivity index (χ2n) is 4.73. The number of aliphatic hydroxyl groups is 1.